The van der Waals surface area contributed by atoms with Crippen molar-refractivity contribution >= 4 is 11.8 Å². The fourth-order valence-electron chi connectivity index (χ4n) is 3.16. The van der Waals surface area contributed by atoms with E-state index in [2.05, 4.69) is 22.9 Å². The molecule has 0 radical (unpaired) electrons. The number of nitrogens with one attached hydrogen (secondary N) is 3. The molecule has 1 saturated heterocycles. The standard InChI is InChI=1S/C20H31N3O2/c1-15(2)18(23-17(24)13-16-7-5-4-6-8-16)19(25)22-14-20(3)9-11-21-12-10-20/h4-8,15,18,21H,9-14H2,1-3H3,(H,22,25)(H,23,24). The summed E-state index contributed by atoms with van der Waals surface area (Å²) in [4.78, 5) is 24.9. The highest BCUT2D eigenvalue weighted by molar-refractivity contribution is 5.88. The van der Waals surface area contributed by atoms with Crippen LogP contribution in [0.25, 0.3) is 0 Å². The van der Waals surface area contributed by atoms with Crippen molar-refractivity contribution in [2.24, 2.45) is 11.3 Å². The third-order valence-corrected chi connectivity index (χ3v) is 4.97. The average Bonchev–Trinajstić information content (AvgIpc) is 2.59. The van der Waals surface area contributed by atoms with Gasteiger partial charge in [-0.05, 0) is 42.8 Å². The van der Waals surface area contributed by atoms with Crippen molar-refractivity contribution in [2.45, 2.75) is 46.1 Å². The van der Waals surface area contributed by atoms with Crippen LogP contribution in [-0.2, 0) is 16.0 Å². The molecule has 2 amide bonds. The monoisotopic (exact) mass is 345 g/mol. The molecule has 0 saturated carbocycles. The van der Waals surface area contributed by atoms with Crippen molar-refractivity contribution in [3.05, 3.63) is 35.9 Å². The number of hydrogen-bond donors (Lipinski definition) is 3. The van der Waals surface area contributed by atoms with Crippen LogP contribution < -0.4 is 16.0 Å². The van der Waals surface area contributed by atoms with Gasteiger partial charge in [-0.3, -0.25) is 9.59 Å². The van der Waals surface area contributed by atoms with Crippen molar-refractivity contribution < 1.29 is 9.59 Å². The summed E-state index contributed by atoms with van der Waals surface area (Å²) in [6.45, 7) is 8.78. The molecule has 5 nitrogen and oxygen atoms in total. The van der Waals surface area contributed by atoms with Gasteiger partial charge in [-0.2, -0.15) is 0 Å². The minimum absolute atomic E-state index is 0.0422. The highest BCUT2D eigenvalue weighted by atomic mass is 16.2. The lowest BCUT2D eigenvalue weighted by atomic mass is 9.81. The largest absolute Gasteiger partial charge is 0.354 e. The molecule has 1 heterocycles. The molecule has 3 N–H and O–H groups in total. The molecule has 0 bridgehead atoms. The van der Waals surface area contributed by atoms with E-state index in [1.54, 1.807) is 0 Å². The lowest BCUT2D eigenvalue weighted by Gasteiger charge is -2.35. The Kier molecular flexibility index (Phi) is 7.00. The van der Waals surface area contributed by atoms with E-state index in [0.29, 0.717) is 13.0 Å². The first-order valence-corrected chi connectivity index (χ1v) is 9.21. The first-order chi connectivity index (χ1) is 11.9. The minimum atomic E-state index is -0.499. The highest BCUT2D eigenvalue weighted by Gasteiger charge is 2.30. The summed E-state index contributed by atoms with van der Waals surface area (Å²) in [6, 6.07) is 9.09. The van der Waals surface area contributed by atoms with Gasteiger partial charge in [-0.15, -0.1) is 0 Å². The first-order valence-electron chi connectivity index (χ1n) is 9.21. The molecule has 5 heteroatoms. The van der Waals surface area contributed by atoms with E-state index in [1.807, 2.05) is 44.2 Å². The van der Waals surface area contributed by atoms with Crippen LogP contribution in [0.15, 0.2) is 30.3 Å². The zero-order valence-corrected chi connectivity index (χ0v) is 15.6. The van der Waals surface area contributed by atoms with E-state index >= 15 is 0 Å². The second-order valence-corrected chi connectivity index (χ2v) is 7.73. The Morgan fingerprint density at radius 3 is 2.40 bits per heavy atom. The quantitative estimate of drug-likeness (QED) is 0.707. The Bertz CT molecular complexity index is 566. The maximum absolute atomic E-state index is 12.6. The molecule has 0 aromatic heterocycles. The summed E-state index contributed by atoms with van der Waals surface area (Å²) in [5.74, 6) is -0.162. The van der Waals surface area contributed by atoms with Crippen LogP contribution in [0.2, 0.25) is 0 Å². The van der Waals surface area contributed by atoms with Crippen molar-refractivity contribution in [2.75, 3.05) is 19.6 Å². The van der Waals surface area contributed by atoms with Gasteiger partial charge in [0, 0.05) is 6.54 Å². The summed E-state index contributed by atoms with van der Waals surface area (Å²) < 4.78 is 0. The van der Waals surface area contributed by atoms with Gasteiger partial charge in [0.1, 0.15) is 6.04 Å². The van der Waals surface area contributed by atoms with Gasteiger partial charge in [-0.25, -0.2) is 0 Å². The van der Waals surface area contributed by atoms with Crippen molar-refractivity contribution in [1.82, 2.24) is 16.0 Å². The number of carbonyl (C=O) groups excluding carboxylic acids is 2. The summed E-state index contributed by atoms with van der Waals surface area (Å²) in [5.41, 5.74) is 1.08. The lowest BCUT2D eigenvalue weighted by molar-refractivity contribution is -0.130. The Balaban J connectivity index is 1.88. The zero-order chi connectivity index (χ0) is 18.3. The third kappa shape index (κ3) is 6.16. The van der Waals surface area contributed by atoms with Gasteiger partial charge in [0.25, 0.3) is 0 Å². The van der Waals surface area contributed by atoms with Gasteiger partial charge < -0.3 is 16.0 Å². The third-order valence-electron chi connectivity index (χ3n) is 4.97. The van der Waals surface area contributed by atoms with Gasteiger partial charge in [-0.1, -0.05) is 51.1 Å². The topological polar surface area (TPSA) is 70.2 Å². The summed E-state index contributed by atoms with van der Waals surface area (Å²) in [6.07, 6.45) is 2.40. The van der Waals surface area contributed by atoms with Gasteiger partial charge in [0.05, 0.1) is 6.42 Å². The van der Waals surface area contributed by atoms with E-state index in [1.165, 1.54) is 0 Å². The smallest absolute Gasteiger partial charge is 0.242 e. The molecule has 138 valence electrons. The first kappa shape index (κ1) is 19.4. The molecule has 1 fully saturated rings. The van der Waals surface area contributed by atoms with Crippen LogP contribution in [0, 0.1) is 11.3 Å². The number of piperidine rings is 1. The second kappa shape index (κ2) is 8.99. The average molecular weight is 345 g/mol. The predicted molar refractivity (Wildman–Crippen MR) is 100 cm³/mol. The second-order valence-electron chi connectivity index (χ2n) is 7.73. The number of rotatable bonds is 7. The highest BCUT2D eigenvalue weighted by Crippen LogP contribution is 2.26. The van der Waals surface area contributed by atoms with E-state index in [4.69, 9.17) is 0 Å². The van der Waals surface area contributed by atoms with Crippen molar-refractivity contribution in [3.63, 3.8) is 0 Å². The summed E-state index contributed by atoms with van der Waals surface area (Å²) in [5, 5.41) is 9.31. The van der Waals surface area contributed by atoms with Gasteiger partial charge in [0.2, 0.25) is 11.8 Å². The SMILES string of the molecule is CC(C)C(NC(=O)Cc1ccccc1)C(=O)NCC1(C)CCNCC1. The zero-order valence-electron chi connectivity index (χ0n) is 15.6. The Labute approximate surface area is 151 Å². The molecule has 1 atom stereocenters. The maximum atomic E-state index is 12.6. The normalized spacial score (nSPS) is 17.8. The molecule has 2 rings (SSSR count). The summed E-state index contributed by atoms with van der Waals surface area (Å²) in [7, 11) is 0. The van der Waals surface area contributed by atoms with Crippen LogP contribution in [0.3, 0.4) is 0 Å². The van der Waals surface area contributed by atoms with Crippen molar-refractivity contribution in [1.29, 1.82) is 0 Å². The molecule has 1 aromatic rings. The molecule has 0 spiro atoms. The van der Waals surface area contributed by atoms with Crippen LogP contribution in [-0.4, -0.2) is 37.5 Å². The van der Waals surface area contributed by atoms with E-state index in [9.17, 15) is 9.59 Å². The van der Waals surface area contributed by atoms with Gasteiger partial charge in [0.15, 0.2) is 0 Å². The lowest BCUT2D eigenvalue weighted by Crippen LogP contribution is -2.52. The van der Waals surface area contributed by atoms with E-state index in [-0.39, 0.29) is 23.1 Å². The molecule has 25 heavy (non-hydrogen) atoms. The number of hydrogen-bond acceptors (Lipinski definition) is 3. The molecule has 1 unspecified atom stereocenters. The van der Waals surface area contributed by atoms with Crippen LogP contribution in [0.4, 0.5) is 0 Å². The molecule has 1 aromatic carbocycles. The minimum Gasteiger partial charge on any atom is -0.354 e. The maximum Gasteiger partial charge on any atom is 0.242 e. The predicted octanol–water partition coefficient (Wildman–Crippen LogP) is 1.88. The molecule has 1 aliphatic rings. The molecule has 0 aliphatic carbocycles. The van der Waals surface area contributed by atoms with Crippen LogP contribution >= 0.6 is 0 Å². The van der Waals surface area contributed by atoms with Crippen LogP contribution in [0.5, 0.6) is 0 Å². The fourth-order valence-corrected chi connectivity index (χ4v) is 3.16. The molecular formula is C20H31N3O2. The van der Waals surface area contributed by atoms with Crippen LogP contribution in [0.1, 0.15) is 39.2 Å². The van der Waals surface area contributed by atoms with Gasteiger partial charge >= 0.3 is 0 Å². The fraction of sp³-hybridized carbons (Fsp3) is 0.600. The Morgan fingerprint density at radius 2 is 1.80 bits per heavy atom. The molecule has 1 aliphatic heterocycles. The number of amides is 2. The summed E-state index contributed by atoms with van der Waals surface area (Å²) >= 11 is 0. The van der Waals surface area contributed by atoms with Crippen molar-refractivity contribution in [3.8, 4) is 0 Å². The Hall–Kier alpha value is -1.88. The number of benzene rings is 1. The Morgan fingerprint density at radius 1 is 1.16 bits per heavy atom. The number of carbonyl (C=O) groups is 2. The van der Waals surface area contributed by atoms with E-state index in [0.717, 1.165) is 31.5 Å². The molecular weight excluding hydrogens is 314 g/mol. The van der Waals surface area contributed by atoms with E-state index < -0.39 is 6.04 Å².